The van der Waals surface area contributed by atoms with Crippen LogP contribution in [0, 0.1) is 11.3 Å². The van der Waals surface area contributed by atoms with E-state index in [2.05, 4.69) is 29.3 Å². The molecule has 0 aliphatic carbocycles. The van der Waals surface area contributed by atoms with E-state index in [1.807, 2.05) is 55.5 Å². The van der Waals surface area contributed by atoms with Gasteiger partial charge in [-0.25, -0.2) is 0 Å². The topological polar surface area (TPSA) is 65.4 Å². The predicted molar refractivity (Wildman–Crippen MR) is 117 cm³/mol. The SMILES string of the molecule is CCOCCCNC(=O)C(C#N)=Cc1ccc(N(CC)Cc2ccccc2)cc1. The van der Waals surface area contributed by atoms with Crippen LogP contribution in [0.3, 0.4) is 0 Å². The van der Waals surface area contributed by atoms with Crippen molar-refractivity contribution in [1.29, 1.82) is 5.26 Å². The standard InChI is InChI=1S/C24H29N3O2/c1-3-27(19-21-9-6-5-7-10-21)23-13-11-20(12-14-23)17-22(18-25)24(28)26-15-8-16-29-4-2/h5-7,9-14,17H,3-4,8,15-16,19H2,1-2H3,(H,26,28). The van der Waals surface area contributed by atoms with Gasteiger partial charge in [-0.2, -0.15) is 5.26 Å². The number of carbonyl (C=O) groups excluding carboxylic acids is 1. The molecule has 29 heavy (non-hydrogen) atoms. The van der Waals surface area contributed by atoms with E-state index in [0.717, 1.165) is 30.8 Å². The van der Waals surface area contributed by atoms with Crippen molar-refractivity contribution in [2.24, 2.45) is 0 Å². The molecule has 0 atom stereocenters. The first kappa shape index (κ1) is 22.2. The van der Waals surface area contributed by atoms with Gasteiger partial charge in [0, 0.05) is 38.5 Å². The smallest absolute Gasteiger partial charge is 0.261 e. The van der Waals surface area contributed by atoms with Crippen LogP contribution in [0.25, 0.3) is 6.08 Å². The summed E-state index contributed by atoms with van der Waals surface area (Å²) in [6.45, 7) is 7.52. The van der Waals surface area contributed by atoms with Crippen LogP contribution in [0.1, 0.15) is 31.4 Å². The van der Waals surface area contributed by atoms with Crippen LogP contribution in [0.5, 0.6) is 0 Å². The Kier molecular flexibility index (Phi) is 9.47. The highest BCUT2D eigenvalue weighted by molar-refractivity contribution is 6.01. The Hall–Kier alpha value is -3.10. The van der Waals surface area contributed by atoms with E-state index in [4.69, 9.17) is 4.74 Å². The number of carbonyl (C=O) groups is 1. The van der Waals surface area contributed by atoms with Crippen molar-refractivity contribution in [3.8, 4) is 6.07 Å². The number of nitriles is 1. The average molecular weight is 392 g/mol. The molecule has 1 amide bonds. The highest BCUT2D eigenvalue weighted by Gasteiger charge is 2.09. The van der Waals surface area contributed by atoms with E-state index in [9.17, 15) is 10.1 Å². The summed E-state index contributed by atoms with van der Waals surface area (Å²) in [7, 11) is 0. The van der Waals surface area contributed by atoms with Gasteiger partial charge in [-0.05, 0) is 49.6 Å². The molecule has 5 nitrogen and oxygen atoms in total. The first-order valence-electron chi connectivity index (χ1n) is 10.0. The second-order valence-electron chi connectivity index (χ2n) is 6.57. The number of anilines is 1. The van der Waals surface area contributed by atoms with E-state index in [0.29, 0.717) is 19.8 Å². The van der Waals surface area contributed by atoms with Crippen molar-refractivity contribution < 1.29 is 9.53 Å². The summed E-state index contributed by atoms with van der Waals surface area (Å²) in [5.41, 5.74) is 3.29. The number of amides is 1. The molecule has 0 aliphatic rings. The van der Waals surface area contributed by atoms with Gasteiger partial charge in [0.15, 0.2) is 0 Å². The molecule has 0 fully saturated rings. The Morgan fingerprint density at radius 2 is 1.86 bits per heavy atom. The van der Waals surface area contributed by atoms with Gasteiger partial charge >= 0.3 is 0 Å². The minimum atomic E-state index is -0.354. The molecule has 0 heterocycles. The van der Waals surface area contributed by atoms with Crippen LogP contribution in [0.4, 0.5) is 5.69 Å². The minimum absolute atomic E-state index is 0.103. The van der Waals surface area contributed by atoms with E-state index in [1.54, 1.807) is 6.08 Å². The summed E-state index contributed by atoms with van der Waals surface area (Å²) in [6, 6.07) is 20.2. The highest BCUT2D eigenvalue weighted by Crippen LogP contribution is 2.19. The highest BCUT2D eigenvalue weighted by atomic mass is 16.5. The predicted octanol–water partition coefficient (Wildman–Crippen LogP) is 4.16. The zero-order valence-corrected chi connectivity index (χ0v) is 17.2. The molecule has 5 heteroatoms. The van der Waals surface area contributed by atoms with Crippen LogP contribution in [-0.2, 0) is 16.1 Å². The molecule has 1 N–H and O–H groups in total. The van der Waals surface area contributed by atoms with Gasteiger partial charge in [0.25, 0.3) is 5.91 Å². The Morgan fingerprint density at radius 1 is 1.14 bits per heavy atom. The summed E-state index contributed by atoms with van der Waals surface area (Å²) in [4.78, 5) is 14.5. The van der Waals surface area contributed by atoms with E-state index >= 15 is 0 Å². The van der Waals surface area contributed by atoms with Gasteiger partial charge in [0.1, 0.15) is 11.6 Å². The van der Waals surface area contributed by atoms with Gasteiger partial charge in [0.2, 0.25) is 0 Å². The minimum Gasteiger partial charge on any atom is -0.382 e. The summed E-state index contributed by atoms with van der Waals surface area (Å²) in [6.07, 6.45) is 2.34. The summed E-state index contributed by atoms with van der Waals surface area (Å²) in [5.74, 6) is -0.354. The molecule has 0 aliphatic heterocycles. The fraction of sp³-hybridized carbons (Fsp3) is 0.333. The van der Waals surface area contributed by atoms with E-state index in [-0.39, 0.29) is 11.5 Å². The lowest BCUT2D eigenvalue weighted by Gasteiger charge is -2.23. The normalized spacial score (nSPS) is 11.0. The number of ether oxygens (including phenoxy) is 1. The zero-order valence-electron chi connectivity index (χ0n) is 17.2. The maximum atomic E-state index is 12.2. The summed E-state index contributed by atoms with van der Waals surface area (Å²) in [5, 5.41) is 12.1. The molecule has 152 valence electrons. The Bertz CT molecular complexity index is 823. The van der Waals surface area contributed by atoms with Gasteiger partial charge in [-0.15, -0.1) is 0 Å². The molecular formula is C24H29N3O2. The van der Waals surface area contributed by atoms with Crippen LogP contribution < -0.4 is 10.2 Å². The van der Waals surface area contributed by atoms with Gasteiger partial charge < -0.3 is 15.0 Å². The molecule has 2 aromatic rings. The fourth-order valence-corrected chi connectivity index (χ4v) is 2.90. The molecule has 0 saturated carbocycles. The van der Waals surface area contributed by atoms with Crippen LogP contribution in [0.2, 0.25) is 0 Å². The molecule has 2 rings (SSSR count). The van der Waals surface area contributed by atoms with Crippen molar-refractivity contribution in [2.45, 2.75) is 26.8 Å². The first-order valence-corrected chi connectivity index (χ1v) is 10.0. The lowest BCUT2D eigenvalue weighted by Crippen LogP contribution is -2.26. The number of hydrogen-bond acceptors (Lipinski definition) is 4. The maximum Gasteiger partial charge on any atom is 0.261 e. The lowest BCUT2D eigenvalue weighted by atomic mass is 10.1. The second kappa shape index (κ2) is 12.4. The lowest BCUT2D eigenvalue weighted by molar-refractivity contribution is -0.117. The van der Waals surface area contributed by atoms with Crippen molar-refractivity contribution in [3.63, 3.8) is 0 Å². The maximum absolute atomic E-state index is 12.2. The third-order valence-electron chi connectivity index (χ3n) is 4.49. The molecule has 0 unspecified atom stereocenters. The van der Waals surface area contributed by atoms with Crippen LogP contribution in [-0.4, -0.2) is 32.2 Å². The monoisotopic (exact) mass is 391 g/mol. The van der Waals surface area contributed by atoms with Crippen molar-refractivity contribution in [1.82, 2.24) is 5.32 Å². The molecule has 0 spiro atoms. The number of nitrogens with one attached hydrogen (secondary N) is 1. The largest absolute Gasteiger partial charge is 0.382 e. The first-order chi connectivity index (χ1) is 14.2. The Morgan fingerprint density at radius 3 is 2.48 bits per heavy atom. The molecule has 0 bridgehead atoms. The summed E-state index contributed by atoms with van der Waals surface area (Å²) >= 11 is 0. The Labute approximate surface area is 173 Å². The van der Waals surface area contributed by atoms with Crippen molar-refractivity contribution in [2.75, 3.05) is 31.2 Å². The number of nitrogens with zero attached hydrogens (tertiary/aromatic N) is 2. The van der Waals surface area contributed by atoms with E-state index < -0.39 is 0 Å². The molecular weight excluding hydrogens is 362 g/mol. The van der Waals surface area contributed by atoms with Crippen molar-refractivity contribution >= 4 is 17.7 Å². The second-order valence-corrected chi connectivity index (χ2v) is 6.57. The van der Waals surface area contributed by atoms with Crippen molar-refractivity contribution in [3.05, 3.63) is 71.3 Å². The quantitative estimate of drug-likeness (QED) is 0.355. The van der Waals surface area contributed by atoms with Crippen LogP contribution in [0.15, 0.2) is 60.2 Å². The van der Waals surface area contributed by atoms with Gasteiger partial charge in [0.05, 0.1) is 0 Å². The zero-order chi connectivity index (χ0) is 20.9. The molecule has 2 aromatic carbocycles. The fourth-order valence-electron chi connectivity index (χ4n) is 2.90. The third-order valence-corrected chi connectivity index (χ3v) is 4.49. The molecule has 0 aromatic heterocycles. The number of rotatable bonds is 11. The van der Waals surface area contributed by atoms with Gasteiger partial charge in [-0.3, -0.25) is 4.79 Å². The number of benzene rings is 2. The molecule has 0 saturated heterocycles. The third kappa shape index (κ3) is 7.44. The van der Waals surface area contributed by atoms with E-state index in [1.165, 1.54) is 5.56 Å². The summed E-state index contributed by atoms with van der Waals surface area (Å²) < 4.78 is 5.24. The number of hydrogen-bond donors (Lipinski definition) is 1. The molecule has 0 radical (unpaired) electrons. The van der Waals surface area contributed by atoms with Gasteiger partial charge in [-0.1, -0.05) is 42.5 Å². The Balaban J connectivity index is 1.99. The van der Waals surface area contributed by atoms with Crippen LogP contribution >= 0.6 is 0 Å². The average Bonchev–Trinajstić information content (AvgIpc) is 2.76.